The number of rotatable bonds is 6. The van der Waals surface area contributed by atoms with Crippen molar-refractivity contribution < 1.29 is 9.59 Å². The zero-order valence-corrected chi connectivity index (χ0v) is 16.8. The van der Waals surface area contributed by atoms with Gasteiger partial charge in [-0.15, -0.1) is 0 Å². The first-order valence-electron chi connectivity index (χ1n) is 10.7. The number of hydrogen-bond acceptors (Lipinski definition) is 3. The minimum Gasteiger partial charge on any atom is -0.371 e. The number of carbonyl (C=O) groups is 2. The van der Waals surface area contributed by atoms with Gasteiger partial charge < -0.3 is 15.5 Å². The first-order chi connectivity index (χ1) is 14.2. The number of anilines is 2. The van der Waals surface area contributed by atoms with E-state index < -0.39 is 0 Å². The minimum atomic E-state index is -0.0758. The highest BCUT2D eigenvalue weighted by atomic mass is 16.2. The average molecular weight is 392 g/mol. The molecule has 4 rings (SSSR count). The molecule has 152 valence electrons. The molecule has 0 atom stereocenters. The van der Waals surface area contributed by atoms with E-state index in [0.717, 1.165) is 55.7 Å². The van der Waals surface area contributed by atoms with Gasteiger partial charge in [0, 0.05) is 31.2 Å². The molecule has 5 heteroatoms. The zero-order chi connectivity index (χ0) is 20.1. The molecular formula is C24H29N3O2. The van der Waals surface area contributed by atoms with Crippen LogP contribution >= 0.6 is 0 Å². The summed E-state index contributed by atoms with van der Waals surface area (Å²) in [7, 11) is 0. The molecule has 0 radical (unpaired) electrons. The summed E-state index contributed by atoms with van der Waals surface area (Å²) in [6.07, 6.45) is 6.66. The third kappa shape index (κ3) is 5.17. The second-order valence-corrected chi connectivity index (χ2v) is 8.06. The molecule has 1 heterocycles. The van der Waals surface area contributed by atoms with Crippen molar-refractivity contribution in [1.82, 2.24) is 5.32 Å². The fourth-order valence-corrected chi connectivity index (χ4v) is 3.84. The van der Waals surface area contributed by atoms with E-state index in [0.29, 0.717) is 12.1 Å². The summed E-state index contributed by atoms with van der Waals surface area (Å²) in [6.45, 7) is 2.39. The Morgan fingerprint density at radius 1 is 0.931 bits per heavy atom. The lowest BCUT2D eigenvalue weighted by Gasteiger charge is -2.26. The van der Waals surface area contributed by atoms with Crippen LogP contribution in [0.4, 0.5) is 11.4 Å². The summed E-state index contributed by atoms with van der Waals surface area (Å²) in [6, 6.07) is 15.6. The molecule has 2 N–H and O–H groups in total. The molecule has 29 heavy (non-hydrogen) atoms. The molecule has 2 aliphatic rings. The Bertz CT molecular complexity index is 854. The smallest absolute Gasteiger partial charge is 0.253 e. The minimum absolute atomic E-state index is 0.0758. The molecule has 1 aliphatic carbocycles. The number of amides is 2. The van der Waals surface area contributed by atoms with Crippen LogP contribution in [0, 0.1) is 5.92 Å². The van der Waals surface area contributed by atoms with E-state index in [2.05, 4.69) is 15.5 Å². The van der Waals surface area contributed by atoms with Crippen LogP contribution in [0.3, 0.4) is 0 Å². The lowest BCUT2D eigenvalue weighted by atomic mass is 10.1. The van der Waals surface area contributed by atoms with Crippen LogP contribution < -0.4 is 15.5 Å². The normalized spacial score (nSPS) is 16.8. The molecule has 0 spiro atoms. The molecular weight excluding hydrogens is 362 g/mol. The Morgan fingerprint density at radius 3 is 2.34 bits per heavy atom. The fourth-order valence-electron chi connectivity index (χ4n) is 3.84. The quantitative estimate of drug-likeness (QED) is 0.770. The largest absolute Gasteiger partial charge is 0.371 e. The Labute approximate surface area is 172 Å². The lowest BCUT2D eigenvalue weighted by Crippen LogP contribution is -2.29. The Morgan fingerprint density at radius 2 is 1.66 bits per heavy atom. The molecule has 0 unspecified atom stereocenters. The molecule has 0 bridgehead atoms. The topological polar surface area (TPSA) is 61.4 Å². The van der Waals surface area contributed by atoms with Crippen molar-refractivity contribution in [3.05, 3.63) is 59.7 Å². The second kappa shape index (κ2) is 9.12. The first kappa shape index (κ1) is 19.5. The Kier molecular flexibility index (Phi) is 6.13. The summed E-state index contributed by atoms with van der Waals surface area (Å²) in [4.78, 5) is 27.5. The van der Waals surface area contributed by atoms with Gasteiger partial charge in [-0.25, -0.2) is 0 Å². The van der Waals surface area contributed by atoms with E-state index in [1.165, 1.54) is 12.8 Å². The predicted octanol–water partition coefficient (Wildman–Crippen LogP) is 4.35. The summed E-state index contributed by atoms with van der Waals surface area (Å²) < 4.78 is 0. The first-order valence-corrected chi connectivity index (χ1v) is 10.7. The summed E-state index contributed by atoms with van der Waals surface area (Å²) in [5, 5.41) is 6.07. The van der Waals surface area contributed by atoms with E-state index in [-0.39, 0.29) is 17.7 Å². The van der Waals surface area contributed by atoms with Gasteiger partial charge in [-0.1, -0.05) is 43.2 Å². The van der Waals surface area contributed by atoms with Gasteiger partial charge in [0.05, 0.1) is 11.3 Å². The van der Waals surface area contributed by atoms with Crippen molar-refractivity contribution in [1.29, 1.82) is 0 Å². The zero-order valence-electron chi connectivity index (χ0n) is 16.8. The van der Waals surface area contributed by atoms with Gasteiger partial charge in [0.25, 0.3) is 5.91 Å². The van der Waals surface area contributed by atoms with E-state index in [1.54, 1.807) is 0 Å². The highest BCUT2D eigenvalue weighted by molar-refractivity contribution is 6.02. The fraction of sp³-hybridized carbons (Fsp3) is 0.417. The van der Waals surface area contributed by atoms with Crippen LogP contribution in [0.1, 0.15) is 54.4 Å². The van der Waals surface area contributed by atoms with Crippen LogP contribution in [-0.2, 0) is 11.3 Å². The molecule has 1 saturated carbocycles. The van der Waals surface area contributed by atoms with Gasteiger partial charge in [0.15, 0.2) is 0 Å². The van der Waals surface area contributed by atoms with Crippen molar-refractivity contribution in [2.75, 3.05) is 23.3 Å². The average Bonchev–Trinajstić information content (AvgIpc) is 3.60. The summed E-state index contributed by atoms with van der Waals surface area (Å²) in [5.41, 5.74) is 3.45. The molecule has 2 amide bonds. The van der Waals surface area contributed by atoms with Crippen molar-refractivity contribution in [3.8, 4) is 0 Å². The number of nitrogens with one attached hydrogen (secondary N) is 2. The van der Waals surface area contributed by atoms with Crippen LogP contribution in [0.5, 0.6) is 0 Å². The van der Waals surface area contributed by atoms with E-state index in [1.807, 2.05) is 48.5 Å². The molecule has 1 saturated heterocycles. The monoisotopic (exact) mass is 391 g/mol. The predicted molar refractivity (Wildman–Crippen MR) is 116 cm³/mol. The van der Waals surface area contributed by atoms with Crippen LogP contribution in [-0.4, -0.2) is 24.9 Å². The van der Waals surface area contributed by atoms with Gasteiger partial charge in [-0.2, -0.15) is 0 Å². The van der Waals surface area contributed by atoms with Crippen molar-refractivity contribution >= 4 is 23.2 Å². The maximum Gasteiger partial charge on any atom is 0.253 e. The van der Waals surface area contributed by atoms with E-state index >= 15 is 0 Å². The Hall–Kier alpha value is -2.82. The van der Waals surface area contributed by atoms with Crippen LogP contribution in [0.2, 0.25) is 0 Å². The summed E-state index contributed by atoms with van der Waals surface area (Å²) >= 11 is 0. The molecule has 0 aromatic heterocycles. The van der Waals surface area contributed by atoms with Gasteiger partial charge in [-0.05, 0) is 49.4 Å². The molecule has 2 fully saturated rings. The Balaban J connectivity index is 1.54. The van der Waals surface area contributed by atoms with Crippen LogP contribution in [0.25, 0.3) is 0 Å². The number of benzene rings is 2. The molecule has 5 nitrogen and oxygen atoms in total. The third-order valence-electron chi connectivity index (χ3n) is 5.70. The van der Waals surface area contributed by atoms with Crippen LogP contribution in [0.15, 0.2) is 48.5 Å². The van der Waals surface area contributed by atoms with Gasteiger partial charge in [0.2, 0.25) is 5.91 Å². The van der Waals surface area contributed by atoms with E-state index in [9.17, 15) is 9.59 Å². The van der Waals surface area contributed by atoms with Gasteiger partial charge in [0.1, 0.15) is 0 Å². The standard InChI is InChI=1S/C24H29N3O2/c28-23(19-10-11-19)26-20-12-13-21(22(16-20)27-14-6-1-2-7-15-27)24(29)25-17-18-8-4-3-5-9-18/h3-5,8-9,12-13,16,19H,1-2,6-7,10-11,14-15,17H2,(H,25,29)(H,26,28). The highest BCUT2D eigenvalue weighted by Gasteiger charge is 2.30. The van der Waals surface area contributed by atoms with Crippen molar-refractivity contribution in [2.45, 2.75) is 45.1 Å². The molecule has 2 aromatic rings. The van der Waals surface area contributed by atoms with Crippen molar-refractivity contribution in [3.63, 3.8) is 0 Å². The lowest BCUT2D eigenvalue weighted by molar-refractivity contribution is -0.117. The molecule has 1 aliphatic heterocycles. The van der Waals surface area contributed by atoms with Gasteiger partial charge in [-0.3, -0.25) is 9.59 Å². The number of hydrogen-bond donors (Lipinski definition) is 2. The third-order valence-corrected chi connectivity index (χ3v) is 5.70. The highest BCUT2D eigenvalue weighted by Crippen LogP contribution is 2.32. The molecule has 2 aromatic carbocycles. The van der Waals surface area contributed by atoms with Crippen molar-refractivity contribution in [2.24, 2.45) is 5.92 Å². The maximum absolute atomic E-state index is 13.0. The van der Waals surface area contributed by atoms with Gasteiger partial charge >= 0.3 is 0 Å². The maximum atomic E-state index is 13.0. The SMILES string of the molecule is O=C(NCc1ccccc1)c1ccc(NC(=O)C2CC2)cc1N1CCCCCC1. The summed E-state index contributed by atoms with van der Waals surface area (Å²) in [5.74, 6) is 0.173. The number of nitrogens with zero attached hydrogens (tertiary/aromatic N) is 1. The number of carbonyl (C=O) groups excluding carboxylic acids is 2. The van der Waals surface area contributed by atoms with E-state index in [4.69, 9.17) is 0 Å². The second-order valence-electron chi connectivity index (χ2n) is 8.06.